The summed E-state index contributed by atoms with van der Waals surface area (Å²) in [6, 6.07) is 13.4. The molecule has 0 aliphatic rings. The Kier molecular flexibility index (Phi) is 9.89. The van der Waals surface area contributed by atoms with Crippen LogP contribution < -0.4 is 0 Å². The summed E-state index contributed by atoms with van der Waals surface area (Å²) in [6.45, 7) is 3.83. The predicted octanol–water partition coefficient (Wildman–Crippen LogP) is 2.46. The second-order valence-electron chi connectivity index (χ2n) is 4.10. The summed E-state index contributed by atoms with van der Waals surface area (Å²) in [7, 11) is 0. The van der Waals surface area contributed by atoms with Crippen molar-refractivity contribution >= 4 is 22.2 Å². The van der Waals surface area contributed by atoms with E-state index in [2.05, 4.69) is 0 Å². The van der Waals surface area contributed by atoms with Crippen molar-refractivity contribution in [1.29, 1.82) is 0 Å². The van der Waals surface area contributed by atoms with Gasteiger partial charge < -0.3 is 9.11 Å². The van der Waals surface area contributed by atoms with Crippen LogP contribution in [0.4, 0.5) is 0 Å². The first kappa shape index (κ1) is 20.4. The Morgan fingerprint density at radius 2 is 0.905 bits per heavy atom. The van der Waals surface area contributed by atoms with Crippen LogP contribution in [0.1, 0.15) is 11.1 Å². The zero-order chi connectivity index (χ0) is 15.1. The number of aryl methyl sites for hydroxylation is 2. The number of benzene rings is 2. The summed E-state index contributed by atoms with van der Waals surface area (Å²) in [5.41, 5.74) is 2.13. The van der Waals surface area contributed by atoms with Crippen LogP contribution in [0, 0.1) is 13.8 Å². The molecule has 0 amide bonds. The zero-order valence-corrected chi connectivity index (χ0v) is 14.5. The number of hydrogen-bond donors (Lipinski definition) is 0. The molecule has 0 N–H and O–H groups in total. The van der Waals surface area contributed by atoms with E-state index in [4.69, 9.17) is 0 Å². The predicted molar refractivity (Wildman–Crippen MR) is 76.7 cm³/mol. The molecule has 7 heteroatoms. The van der Waals surface area contributed by atoms with Crippen molar-refractivity contribution in [3.05, 3.63) is 59.7 Å². The van der Waals surface area contributed by atoms with Gasteiger partial charge in [0, 0.05) is 9.79 Å². The van der Waals surface area contributed by atoms with Gasteiger partial charge in [-0.25, -0.2) is 0 Å². The standard InChI is InChI=1S/2C7H8O2S.Ag/c2*1-6-2-4-7(5-3-6)10(8)9;/h2*2-5H,1H3,(H,8,9);/q;;+2/p-2. The summed E-state index contributed by atoms with van der Waals surface area (Å²) in [5, 5.41) is 0. The molecule has 0 bridgehead atoms. The maximum absolute atomic E-state index is 10.3. The Balaban J connectivity index is 0.000000364. The van der Waals surface area contributed by atoms with E-state index in [1.807, 2.05) is 13.8 Å². The molecular formula is C14H14AgO4S2. The van der Waals surface area contributed by atoms with Gasteiger partial charge in [-0.1, -0.05) is 35.4 Å². The smallest absolute Gasteiger partial charge is 0.768 e. The Morgan fingerprint density at radius 3 is 1.10 bits per heavy atom. The van der Waals surface area contributed by atoms with Gasteiger partial charge in [-0.2, -0.15) is 0 Å². The van der Waals surface area contributed by atoms with Crippen LogP contribution in [0.15, 0.2) is 58.3 Å². The van der Waals surface area contributed by atoms with E-state index in [0.717, 1.165) is 11.1 Å². The molecular weight excluding hydrogens is 404 g/mol. The minimum atomic E-state index is -2.09. The minimum Gasteiger partial charge on any atom is -0.768 e. The Morgan fingerprint density at radius 1 is 0.667 bits per heavy atom. The molecule has 4 nitrogen and oxygen atoms in total. The van der Waals surface area contributed by atoms with Gasteiger partial charge in [0.05, 0.1) is 0 Å². The SMILES string of the molecule is Cc1ccc(S(=O)[O-])cc1.Cc1ccc(S(=O)[O-])cc1.[Ag+2]. The Hall–Kier alpha value is -0.600. The third kappa shape index (κ3) is 7.82. The van der Waals surface area contributed by atoms with E-state index in [1.165, 1.54) is 0 Å². The van der Waals surface area contributed by atoms with E-state index in [0.29, 0.717) is 9.79 Å². The molecule has 117 valence electrons. The van der Waals surface area contributed by atoms with E-state index >= 15 is 0 Å². The largest absolute Gasteiger partial charge is 2.00 e. The fraction of sp³-hybridized carbons (Fsp3) is 0.143. The summed E-state index contributed by atoms with van der Waals surface area (Å²) in [5.74, 6) is 0. The first-order chi connectivity index (χ1) is 9.40. The Bertz CT molecular complexity index is 542. The molecule has 0 fully saturated rings. The Labute approximate surface area is 145 Å². The summed E-state index contributed by atoms with van der Waals surface area (Å²) in [6.07, 6.45) is 0. The summed E-state index contributed by atoms with van der Waals surface area (Å²) < 4.78 is 41.2. The van der Waals surface area contributed by atoms with Crippen LogP contribution in [-0.2, 0) is 44.5 Å². The van der Waals surface area contributed by atoms with Crippen LogP contribution in [-0.4, -0.2) is 17.5 Å². The second kappa shape index (κ2) is 10.2. The van der Waals surface area contributed by atoms with Gasteiger partial charge in [0.1, 0.15) is 0 Å². The first-order valence-corrected chi connectivity index (χ1v) is 7.87. The molecule has 0 aliphatic heterocycles. The van der Waals surface area contributed by atoms with E-state index < -0.39 is 22.2 Å². The van der Waals surface area contributed by atoms with Crippen molar-refractivity contribution in [2.45, 2.75) is 23.6 Å². The van der Waals surface area contributed by atoms with Gasteiger partial charge in [-0.05, 0) is 60.3 Å². The molecule has 1 radical (unpaired) electrons. The number of rotatable bonds is 2. The summed E-state index contributed by atoms with van der Waals surface area (Å²) in [4.78, 5) is 0.677. The normalized spacial score (nSPS) is 12.4. The molecule has 0 saturated heterocycles. The molecule has 2 aromatic rings. The molecule has 2 rings (SSSR count). The van der Waals surface area contributed by atoms with Crippen LogP contribution >= 0.6 is 0 Å². The maximum atomic E-state index is 10.3. The van der Waals surface area contributed by atoms with E-state index in [1.54, 1.807) is 48.5 Å². The molecule has 2 aromatic carbocycles. The molecule has 0 saturated carbocycles. The van der Waals surface area contributed by atoms with Crippen molar-refractivity contribution < 1.29 is 39.9 Å². The molecule has 2 unspecified atom stereocenters. The fourth-order valence-corrected chi connectivity index (χ4v) is 2.02. The molecule has 0 aromatic heterocycles. The topological polar surface area (TPSA) is 80.3 Å². The van der Waals surface area contributed by atoms with Gasteiger partial charge in [0.15, 0.2) is 0 Å². The van der Waals surface area contributed by atoms with Gasteiger partial charge in [0.2, 0.25) is 0 Å². The maximum Gasteiger partial charge on any atom is 2.00 e. The van der Waals surface area contributed by atoms with Crippen molar-refractivity contribution in [3.63, 3.8) is 0 Å². The molecule has 21 heavy (non-hydrogen) atoms. The molecule has 0 heterocycles. The second-order valence-corrected chi connectivity index (χ2v) is 5.98. The third-order valence-electron chi connectivity index (χ3n) is 2.43. The molecule has 0 spiro atoms. The fourth-order valence-electron chi connectivity index (χ4n) is 1.30. The van der Waals surface area contributed by atoms with Gasteiger partial charge in [-0.3, -0.25) is 8.42 Å². The molecule has 0 aliphatic carbocycles. The van der Waals surface area contributed by atoms with Crippen molar-refractivity contribution in [1.82, 2.24) is 0 Å². The number of hydrogen-bond acceptors (Lipinski definition) is 4. The van der Waals surface area contributed by atoms with Crippen LogP contribution in [0.25, 0.3) is 0 Å². The van der Waals surface area contributed by atoms with E-state index in [9.17, 15) is 17.5 Å². The minimum absolute atomic E-state index is 0. The molecule has 2 atom stereocenters. The van der Waals surface area contributed by atoms with Crippen molar-refractivity contribution in [2.75, 3.05) is 0 Å². The van der Waals surface area contributed by atoms with Crippen molar-refractivity contribution in [3.8, 4) is 0 Å². The first-order valence-electron chi connectivity index (χ1n) is 5.72. The summed E-state index contributed by atoms with van der Waals surface area (Å²) >= 11 is -4.17. The third-order valence-corrected chi connectivity index (χ3v) is 3.74. The van der Waals surface area contributed by atoms with E-state index in [-0.39, 0.29) is 22.4 Å². The van der Waals surface area contributed by atoms with Gasteiger partial charge >= 0.3 is 22.4 Å². The monoisotopic (exact) mass is 417 g/mol. The quantitative estimate of drug-likeness (QED) is 0.555. The van der Waals surface area contributed by atoms with Crippen LogP contribution in [0.3, 0.4) is 0 Å². The zero-order valence-electron chi connectivity index (χ0n) is 11.4. The van der Waals surface area contributed by atoms with Gasteiger partial charge in [-0.15, -0.1) is 0 Å². The van der Waals surface area contributed by atoms with Crippen LogP contribution in [0.5, 0.6) is 0 Å². The van der Waals surface area contributed by atoms with Gasteiger partial charge in [0.25, 0.3) is 0 Å². The van der Waals surface area contributed by atoms with Crippen LogP contribution in [0.2, 0.25) is 0 Å². The van der Waals surface area contributed by atoms with Crippen molar-refractivity contribution in [2.24, 2.45) is 0 Å². The average Bonchev–Trinajstić information content (AvgIpc) is 2.40. The average molecular weight is 418 g/mol.